The van der Waals surface area contributed by atoms with Gasteiger partial charge in [0.05, 0.1) is 11.3 Å². The number of anilines is 1. The van der Waals surface area contributed by atoms with E-state index < -0.39 is 5.60 Å². The largest absolute Gasteiger partial charge is 0.452 e. The highest BCUT2D eigenvalue weighted by molar-refractivity contribution is 9.10. The van der Waals surface area contributed by atoms with Crippen LogP contribution in [0, 0.1) is 5.92 Å². The van der Waals surface area contributed by atoms with Gasteiger partial charge < -0.3 is 14.2 Å². The van der Waals surface area contributed by atoms with E-state index in [2.05, 4.69) is 26.7 Å². The molecule has 0 saturated heterocycles. The monoisotopic (exact) mass is 459 g/mol. The van der Waals surface area contributed by atoms with Crippen molar-refractivity contribution in [1.82, 2.24) is 0 Å². The Labute approximate surface area is 178 Å². The Hall–Kier alpha value is -0.910. The van der Waals surface area contributed by atoms with Crippen LogP contribution in [0.1, 0.15) is 78.5 Å². The third kappa shape index (κ3) is 2.45. The Morgan fingerprint density at radius 1 is 1.11 bits per heavy atom. The zero-order valence-electron chi connectivity index (χ0n) is 16.2. The van der Waals surface area contributed by atoms with Crippen molar-refractivity contribution in [3.63, 3.8) is 0 Å². The topological polar surface area (TPSA) is 45.4 Å². The van der Waals surface area contributed by atoms with Crippen molar-refractivity contribution in [2.75, 3.05) is 4.72 Å². The van der Waals surface area contributed by atoms with E-state index in [1.165, 1.54) is 58.1 Å². The van der Waals surface area contributed by atoms with Crippen LogP contribution >= 0.6 is 27.9 Å². The third-order valence-corrected chi connectivity index (χ3v) is 9.37. The van der Waals surface area contributed by atoms with E-state index in [9.17, 15) is 5.11 Å². The van der Waals surface area contributed by atoms with Crippen LogP contribution in [0.5, 0.6) is 0 Å². The number of furan rings is 1. The fourth-order valence-corrected chi connectivity index (χ4v) is 7.83. The van der Waals surface area contributed by atoms with Crippen LogP contribution in [-0.4, -0.2) is 5.11 Å². The van der Waals surface area contributed by atoms with Crippen molar-refractivity contribution < 1.29 is 9.52 Å². The average molecular weight is 460 g/mol. The maximum atomic E-state index is 11.1. The van der Waals surface area contributed by atoms with E-state index in [1.807, 2.05) is 6.92 Å². The number of hydrogen-bond acceptors (Lipinski definition) is 4. The molecule has 3 unspecified atom stereocenters. The van der Waals surface area contributed by atoms with Gasteiger partial charge in [-0.3, -0.25) is 0 Å². The number of fused-ring (bicyclic) bond motifs is 6. The molecule has 3 atom stereocenters. The molecule has 0 radical (unpaired) electrons. The number of halogens is 1. The molecule has 1 aromatic carbocycles. The summed E-state index contributed by atoms with van der Waals surface area (Å²) >= 11 is 5.49. The van der Waals surface area contributed by atoms with Gasteiger partial charge in [-0.2, -0.15) is 0 Å². The maximum Gasteiger partial charge on any atom is 0.181 e. The van der Waals surface area contributed by atoms with Gasteiger partial charge in [-0.1, -0.05) is 15.9 Å². The fraction of sp³-hybridized carbons (Fsp3) is 0.565. The van der Waals surface area contributed by atoms with Gasteiger partial charge in [-0.05, 0) is 98.9 Å². The molecule has 1 fully saturated rings. The molecule has 4 aliphatic carbocycles. The van der Waals surface area contributed by atoms with Crippen molar-refractivity contribution in [1.29, 1.82) is 0 Å². The number of benzene rings is 1. The van der Waals surface area contributed by atoms with Crippen LogP contribution < -0.4 is 4.72 Å². The lowest BCUT2D eigenvalue weighted by Crippen LogP contribution is -2.33. The minimum absolute atomic E-state index is 0.381. The quantitative estimate of drug-likeness (QED) is 0.532. The van der Waals surface area contributed by atoms with E-state index in [4.69, 9.17) is 4.42 Å². The molecular formula is C23H26BrNO2S. The molecule has 5 heteroatoms. The maximum absolute atomic E-state index is 11.1. The molecule has 1 heterocycles. The highest BCUT2D eigenvalue weighted by atomic mass is 79.9. The molecule has 2 N–H and O–H groups in total. The second-order valence-electron chi connectivity index (χ2n) is 9.21. The Morgan fingerprint density at radius 3 is 2.50 bits per heavy atom. The summed E-state index contributed by atoms with van der Waals surface area (Å²) in [6, 6.07) is 2.09. The molecule has 2 aromatic rings. The van der Waals surface area contributed by atoms with Crippen molar-refractivity contribution in [3.05, 3.63) is 44.1 Å². The number of nitrogens with one attached hydrogen (secondary N) is 1. The van der Waals surface area contributed by atoms with Gasteiger partial charge in [0.15, 0.2) is 5.09 Å². The number of aliphatic hydroxyl groups is 1. The summed E-state index contributed by atoms with van der Waals surface area (Å²) in [6.07, 6.45) is 10.5. The molecule has 2 bridgehead atoms. The number of hydrogen-bond donors (Lipinski definition) is 2. The van der Waals surface area contributed by atoms with Crippen molar-refractivity contribution in [3.8, 4) is 0 Å². The van der Waals surface area contributed by atoms with Crippen molar-refractivity contribution >= 4 is 33.6 Å². The molecule has 6 rings (SSSR count). The van der Waals surface area contributed by atoms with Gasteiger partial charge in [-0.15, -0.1) is 0 Å². The summed E-state index contributed by atoms with van der Waals surface area (Å²) in [5, 5.41) is 12.0. The normalized spacial score (nSPS) is 29.7. The first kappa shape index (κ1) is 17.9. The van der Waals surface area contributed by atoms with Gasteiger partial charge in [0, 0.05) is 27.9 Å². The average Bonchev–Trinajstić information content (AvgIpc) is 3.44. The van der Waals surface area contributed by atoms with Crippen molar-refractivity contribution in [2.24, 2.45) is 5.92 Å². The fourth-order valence-electron chi connectivity index (χ4n) is 6.19. The summed E-state index contributed by atoms with van der Waals surface area (Å²) in [7, 11) is 0. The zero-order chi connectivity index (χ0) is 19.0. The Morgan fingerprint density at radius 2 is 1.79 bits per heavy atom. The lowest BCUT2D eigenvalue weighted by molar-refractivity contribution is -0.0115. The molecule has 1 saturated carbocycles. The Balaban J connectivity index is 1.33. The van der Waals surface area contributed by atoms with Gasteiger partial charge >= 0.3 is 0 Å². The van der Waals surface area contributed by atoms with E-state index in [-0.39, 0.29) is 0 Å². The van der Waals surface area contributed by atoms with Crippen LogP contribution in [-0.2, 0) is 31.3 Å². The van der Waals surface area contributed by atoms with Crippen LogP contribution in [0.2, 0.25) is 0 Å². The minimum atomic E-state index is -0.745. The molecule has 4 aliphatic rings. The number of rotatable bonds is 3. The van der Waals surface area contributed by atoms with Gasteiger partial charge in [0.1, 0.15) is 5.76 Å². The third-order valence-electron chi connectivity index (χ3n) is 7.70. The highest BCUT2D eigenvalue weighted by Gasteiger charge is 2.48. The second-order valence-corrected chi connectivity index (χ2v) is 10.8. The standard InChI is InChI=1S/C23H26BrNO2S/c1-23(26)13-9-8-12(10-13)22-18(23)11-19(27-22)28-25-21-16-6-2-4-14(16)20(24)15-5-3-7-17(15)21/h11-13,25-26H,2-10H2,1H3. The minimum Gasteiger partial charge on any atom is -0.452 e. The van der Waals surface area contributed by atoms with Gasteiger partial charge in [0.25, 0.3) is 0 Å². The zero-order valence-corrected chi connectivity index (χ0v) is 18.6. The lowest BCUT2D eigenvalue weighted by atomic mass is 9.76. The highest BCUT2D eigenvalue weighted by Crippen LogP contribution is 2.55. The van der Waals surface area contributed by atoms with E-state index >= 15 is 0 Å². The Kier molecular flexibility index (Phi) is 4.02. The Bertz CT molecular complexity index is 944. The first-order valence-electron chi connectivity index (χ1n) is 10.7. The summed E-state index contributed by atoms with van der Waals surface area (Å²) in [5.41, 5.74) is 7.66. The molecule has 0 aliphatic heterocycles. The predicted octanol–water partition coefficient (Wildman–Crippen LogP) is 6.24. The molecule has 28 heavy (non-hydrogen) atoms. The molecule has 148 valence electrons. The molecule has 3 nitrogen and oxygen atoms in total. The molecule has 0 spiro atoms. The van der Waals surface area contributed by atoms with E-state index in [0.717, 1.165) is 48.5 Å². The summed E-state index contributed by atoms with van der Waals surface area (Å²) in [6.45, 7) is 1.98. The smallest absolute Gasteiger partial charge is 0.181 e. The van der Waals surface area contributed by atoms with Crippen LogP contribution in [0.15, 0.2) is 20.0 Å². The second kappa shape index (κ2) is 6.29. The first-order valence-corrected chi connectivity index (χ1v) is 12.3. The first-order chi connectivity index (χ1) is 13.5. The van der Waals surface area contributed by atoms with Crippen LogP contribution in [0.3, 0.4) is 0 Å². The van der Waals surface area contributed by atoms with Gasteiger partial charge in [0.2, 0.25) is 0 Å². The predicted molar refractivity (Wildman–Crippen MR) is 116 cm³/mol. The van der Waals surface area contributed by atoms with E-state index in [0.29, 0.717) is 11.8 Å². The van der Waals surface area contributed by atoms with Crippen LogP contribution in [0.25, 0.3) is 0 Å². The van der Waals surface area contributed by atoms with Gasteiger partial charge in [-0.25, -0.2) is 0 Å². The van der Waals surface area contributed by atoms with E-state index in [1.54, 1.807) is 11.9 Å². The van der Waals surface area contributed by atoms with Crippen LogP contribution in [0.4, 0.5) is 5.69 Å². The molecule has 1 aromatic heterocycles. The van der Waals surface area contributed by atoms with Crippen molar-refractivity contribution in [2.45, 2.75) is 81.3 Å². The molecular weight excluding hydrogens is 434 g/mol. The summed E-state index contributed by atoms with van der Waals surface area (Å²) < 4.78 is 11.4. The molecule has 0 amide bonds. The summed E-state index contributed by atoms with van der Waals surface area (Å²) in [5.74, 6) is 1.91. The lowest BCUT2D eigenvalue weighted by Gasteiger charge is -2.33. The SMILES string of the molecule is CC1(O)c2cc(SNc3c4c(c(Br)c5c3CCC5)CCC4)oc2C2CCC1C2. The summed E-state index contributed by atoms with van der Waals surface area (Å²) in [4.78, 5) is 0.